The lowest BCUT2D eigenvalue weighted by atomic mass is 9.95. The number of sulfonamides is 1. The number of hydrogen-bond acceptors (Lipinski definition) is 3. The molecule has 0 aromatic heterocycles. The lowest BCUT2D eigenvalue weighted by Crippen LogP contribution is -2.16. The second-order valence-electron chi connectivity index (χ2n) is 5.05. The molecule has 0 aliphatic rings. The van der Waals surface area contributed by atoms with Gasteiger partial charge < -0.3 is 0 Å². The summed E-state index contributed by atoms with van der Waals surface area (Å²) in [4.78, 5) is 12.1. The van der Waals surface area contributed by atoms with E-state index in [0.29, 0.717) is 17.7 Å². The number of carbonyl (C=O) groups excluding carboxylic acids is 1. The molecule has 0 saturated carbocycles. The first-order valence-electron chi connectivity index (χ1n) is 7.04. The van der Waals surface area contributed by atoms with E-state index in [-0.39, 0.29) is 17.5 Å². The van der Waals surface area contributed by atoms with Crippen molar-refractivity contribution in [1.29, 1.82) is 0 Å². The highest BCUT2D eigenvalue weighted by atomic mass is 32.2. The van der Waals surface area contributed by atoms with E-state index in [4.69, 9.17) is 0 Å². The van der Waals surface area contributed by atoms with Crippen LogP contribution in [-0.2, 0) is 10.0 Å². The lowest BCUT2D eigenvalue weighted by Gasteiger charge is -2.10. The predicted octanol–water partition coefficient (Wildman–Crippen LogP) is 3.46. The van der Waals surface area contributed by atoms with Crippen LogP contribution >= 0.6 is 0 Å². The highest BCUT2D eigenvalue weighted by Crippen LogP contribution is 2.17. The molecule has 4 nitrogen and oxygen atoms in total. The molecular formula is C15H23NO3S. The van der Waals surface area contributed by atoms with Crippen molar-refractivity contribution < 1.29 is 13.2 Å². The summed E-state index contributed by atoms with van der Waals surface area (Å²) in [6.45, 7) is 5.79. The van der Waals surface area contributed by atoms with Crippen molar-refractivity contribution in [2.24, 2.45) is 5.92 Å². The van der Waals surface area contributed by atoms with Crippen molar-refractivity contribution in [2.75, 3.05) is 10.5 Å². The van der Waals surface area contributed by atoms with Crippen LogP contribution in [-0.4, -0.2) is 20.0 Å². The Morgan fingerprint density at radius 3 is 2.25 bits per heavy atom. The van der Waals surface area contributed by atoms with Crippen LogP contribution in [0.5, 0.6) is 0 Å². The number of anilines is 1. The van der Waals surface area contributed by atoms with E-state index in [1.807, 2.05) is 13.8 Å². The molecule has 1 aromatic rings. The van der Waals surface area contributed by atoms with Crippen molar-refractivity contribution in [1.82, 2.24) is 0 Å². The fourth-order valence-electron chi connectivity index (χ4n) is 2.05. The SMILES string of the molecule is CCCC(C)C(=O)c1ccc(NS(=O)(=O)CCC)cc1. The molecule has 0 bridgehead atoms. The van der Waals surface area contributed by atoms with E-state index in [9.17, 15) is 13.2 Å². The Balaban J connectivity index is 2.77. The van der Waals surface area contributed by atoms with Gasteiger partial charge in [-0.1, -0.05) is 27.2 Å². The molecule has 5 heteroatoms. The van der Waals surface area contributed by atoms with Gasteiger partial charge in [0.15, 0.2) is 5.78 Å². The molecule has 112 valence electrons. The average molecular weight is 297 g/mol. The molecule has 1 aromatic carbocycles. The van der Waals surface area contributed by atoms with E-state index in [1.54, 1.807) is 24.3 Å². The number of benzene rings is 1. The topological polar surface area (TPSA) is 63.2 Å². The van der Waals surface area contributed by atoms with E-state index in [0.717, 1.165) is 12.8 Å². The van der Waals surface area contributed by atoms with Gasteiger partial charge in [-0.15, -0.1) is 0 Å². The van der Waals surface area contributed by atoms with Gasteiger partial charge in [0, 0.05) is 17.2 Å². The zero-order valence-electron chi connectivity index (χ0n) is 12.3. The molecule has 1 rings (SSSR count). The Morgan fingerprint density at radius 1 is 1.15 bits per heavy atom. The Hall–Kier alpha value is -1.36. The van der Waals surface area contributed by atoms with Crippen LogP contribution in [0.1, 0.15) is 50.4 Å². The van der Waals surface area contributed by atoms with E-state index in [2.05, 4.69) is 11.6 Å². The smallest absolute Gasteiger partial charge is 0.232 e. The second kappa shape index (κ2) is 7.43. The van der Waals surface area contributed by atoms with Gasteiger partial charge in [0.1, 0.15) is 0 Å². The monoisotopic (exact) mass is 297 g/mol. The first-order chi connectivity index (χ1) is 9.39. The number of Topliss-reactive ketones (excluding diaryl/α,β-unsaturated/α-hetero) is 1. The molecule has 0 fully saturated rings. The number of nitrogens with one attached hydrogen (secondary N) is 1. The fourth-order valence-corrected chi connectivity index (χ4v) is 3.19. The minimum absolute atomic E-state index is 0.00244. The summed E-state index contributed by atoms with van der Waals surface area (Å²) in [6, 6.07) is 6.63. The molecule has 1 N–H and O–H groups in total. The Morgan fingerprint density at radius 2 is 1.75 bits per heavy atom. The number of hydrogen-bond donors (Lipinski definition) is 1. The highest BCUT2D eigenvalue weighted by Gasteiger charge is 2.14. The molecule has 0 aliphatic heterocycles. The highest BCUT2D eigenvalue weighted by molar-refractivity contribution is 7.92. The maximum absolute atomic E-state index is 12.1. The van der Waals surface area contributed by atoms with Crippen molar-refractivity contribution in [3.05, 3.63) is 29.8 Å². The summed E-state index contributed by atoms with van der Waals surface area (Å²) < 4.78 is 25.8. The first kappa shape index (κ1) is 16.7. The molecule has 20 heavy (non-hydrogen) atoms. The summed E-state index contributed by atoms with van der Waals surface area (Å²) in [5.74, 6) is 0.207. The zero-order chi connectivity index (χ0) is 15.2. The van der Waals surface area contributed by atoms with Crippen LogP contribution in [0.2, 0.25) is 0 Å². The third-order valence-electron chi connectivity index (χ3n) is 3.08. The molecule has 0 aliphatic carbocycles. The minimum atomic E-state index is -3.28. The Labute approximate surface area is 121 Å². The van der Waals surface area contributed by atoms with Crippen LogP contribution in [0, 0.1) is 5.92 Å². The molecule has 0 heterocycles. The Kier molecular flexibility index (Phi) is 6.20. The standard InChI is InChI=1S/C15H23NO3S/c1-4-6-12(3)15(17)13-7-9-14(10-8-13)16-20(18,19)11-5-2/h7-10,12,16H,4-6,11H2,1-3H3. The van der Waals surface area contributed by atoms with Crippen molar-refractivity contribution >= 4 is 21.5 Å². The first-order valence-corrected chi connectivity index (χ1v) is 8.69. The van der Waals surface area contributed by atoms with Crippen LogP contribution in [0.4, 0.5) is 5.69 Å². The largest absolute Gasteiger partial charge is 0.294 e. The van der Waals surface area contributed by atoms with Crippen molar-refractivity contribution in [3.63, 3.8) is 0 Å². The van der Waals surface area contributed by atoms with E-state index >= 15 is 0 Å². The summed E-state index contributed by atoms with van der Waals surface area (Å²) in [5, 5.41) is 0. The average Bonchev–Trinajstić information content (AvgIpc) is 2.38. The quantitative estimate of drug-likeness (QED) is 0.747. The minimum Gasteiger partial charge on any atom is -0.294 e. The second-order valence-corrected chi connectivity index (χ2v) is 6.89. The third kappa shape index (κ3) is 4.96. The number of ketones is 1. The Bertz CT molecular complexity index is 535. The van der Waals surface area contributed by atoms with E-state index < -0.39 is 10.0 Å². The van der Waals surface area contributed by atoms with Gasteiger partial charge in [-0.2, -0.15) is 0 Å². The maximum atomic E-state index is 12.1. The number of carbonyl (C=O) groups is 1. The summed E-state index contributed by atoms with van der Waals surface area (Å²) in [7, 11) is -3.28. The predicted molar refractivity (Wildman–Crippen MR) is 82.5 cm³/mol. The van der Waals surface area contributed by atoms with Crippen LogP contribution in [0.15, 0.2) is 24.3 Å². The number of rotatable bonds is 8. The van der Waals surface area contributed by atoms with Gasteiger partial charge in [0.25, 0.3) is 0 Å². The lowest BCUT2D eigenvalue weighted by molar-refractivity contribution is 0.0923. The van der Waals surface area contributed by atoms with Gasteiger partial charge >= 0.3 is 0 Å². The van der Waals surface area contributed by atoms with Crippen molar-refractivity contribution in [2.45, 2.75) is 40.0 Å². The van der Waals surface area contributed by atoms with Crippen LogP contribution in [0.3, 0.4) is 0 Å². The summed E-state index contributed by atoms with van der Waals surface area (Å²) in [6.07, 6.45) is 2.41. The normalized spacial score (nSPS) is 12.9. The molecule has 1 atom stereocenters. The molecule has 0 spiro atoms. The molecular weight excluding hydrogens is 274 g/mol. The van der Waals surface area contributed by atoms with Crippen LogP contribution in [0.25, 0.3) is 0 Å². The molecule has 0 radical (unpaired) electrons. The van der Waals surface area contributed by atoms with Gasteiger partial charge in [-0.25, -0.2) is 8.42 Å². The third-order valence-corrected chi connectivity index (χ3v) is 4.58. The van der Waals surface area contributed by atoms with Gasteiger partial charge in [0.2, 0.25) is 10.0 Å². The van der Waals surface area contributed by atoms with Crippen LogP contribution < -0.4 is 4.72 Å². The van der Waals surface area contributed by atoms with Crippen molar-refractivity contribution in [3.8, 4) is 0 Å². The summed E-state index contributed by atoms with van der Waals surface area (Å²) >= 11 is 0. The maximum Gasteiger partial charge on any atom is 0.232 e. The fraction of sp³-hybridized carbons (Fsp3) is 0.533. The molecule has 1 unspecified atom stereocenters. The molecule has 0 amide bonds. The van der Waals surface area contributed by atoms with Gasteiger partial charge in [0.05, 0.1) is 5.75 Å². The zero-order valence-corrected chi connectivity index (χ0v) is 13.2. The molecule has 0 saturated heterocycles. The van der Waals surface area contributed by atoms with Gasteiger partial charge in [-0.3, -0.25) is 9.52 Å². The summed E-state index contributed by atoms with van der Waals surface area (Å²) in [5.41, 5.74) is 1.13. The van der Waals surface area contributed by atoms with E-state index in [1.165, 1.54) is 0 Å². The van der Waals surface area contributed by atoms with Gasteiger partial charge in [-0.05, 0) is 37.1 Å².